The third-order valence-corrected chi connectivity index (χ3v) is 9.12. The van der Waals surface area contributed by atoms with E-state index in [0.29, 0.717) is 18.0 Å². The summed E-state index contributed by atoms with van der Waals surface area (Å²) in [5.41, 5.74) is 2.99. The van der Waals surface area contributed by atoms with Crippen molar-refractivity contribution in [1.82, 2.24) is 4.90 Å². The second-order valence-electron chi connectivity index (χ2n) is 8.06. The first-order chi connectivity index (χ1) is 13.8. The molecular formula is C24H23NOS2. The lowest BCUT2D eigenvalue weighted by atomic mass is 9.54. The molecule has 28 heavy (non-hydrogen) atoms. The number of benzene rings is 1. The van der Waals surface area contributed by atoms with Gasteiger partial charge >= 0.3 is 0 Å². The van der Waals surface area contributed by atoms with Gasteiger partial charge in [-0.25, -0.2) is 0 Å². The smallest absolute Gasteiger partial charge is 0.122 e. The summed E-state index contributed by atoms with van der Waals surface area (Å²) in [5.74, 6) is 1.48. The highest BCUT2D eigenvalue weighted by molar-refractivity contribution is 7.11. The molecule has 3 atom stereocenters. The first kappa shape index (κ1) is 17.0. The first-order valence-electron chi connectivity index (χ1n) is 10.00. The molecule has 2 nitrogen and oxygen atoms in total. The Kier molecular flexibility index (Phi) is 3.84. The SMILES string of the molecule is COc1cccc2c1[C@@H]1C3CC=CCN3[C@H]2CC1(c1cccs1)c1cccs1. The number of hydrogen-bond donors (Lipinski definition) is 0. The molecule has 4 heteroatoms. The summed E-state index contributed by atoms with van der Waals surface area (Å²) in [6, 6.07) is 16.8. The van der Waals surface area contributed by atoms with Gasteiger partial charge in [-0.05, 0) is 47.4 Å². The molecule has 0 amide bonds. The zero-order chi connectivity index (χ0) is 18.7. The molecule has 1 aromatic carbocycles. The molecule has 1 fully saturated rings. The molecular weight excluding hydrogens is 382 g/mol. The van der Waals surface area contributed by atoms with Crippen molar-refractivity contribution in [2.45, 2.75) is 36.3 Å². The summed E-state index contributed by atoms with van der Waals surface area (Å²) in [5, 5.41) is 4.49. The van der Waals surface area contributed by atoms with Crippen molar-refractivity contribution in [1.29, 1.82) is 0 Å². The minimum Gasteiger partial charge on any atom is -0.496 e. The number of fused-ring (bicyclic) bond motifs is 1. The minimum absolute atomic E-state index is 0.0426. The van der Waals surface area contributed by atoms with Crippen LogP contribution in [0.1, 0.15) is 45.7 Å². The number of rotatable bonds is 3. The Morgan fingerprint density at radius 2 is 1.79 bits per heavy atom. The maximum atomic E-state index is 5.94. The maximum Gasteiger partial charge on any atom is 0.122 e. The van der Waals surface area contributed by atoms with Crippen LogP contribution < -0.4 is 4.74 Å². The highest BCUT2D eigenvalue weighted by Crippen LogP contribution is 2.66. The van der Waals surface area contributed by atoms with E-state index >= 15 is 0 Å². The molecule has 0 N–H and O–H groups in total. The quantitative estimate of drug-likeness (QED) is 0.497. The number of methoxy groups -OCH3 is 1. The summed E-state index contributed by atoms with van der Waals surface area (Å²) in [6.45, 7) is 1.06. The van der Waals surface area contributed by atoms with Crippen LogP contribution in [0.15, 0.2) is 65.4 Å². The van der Waals surface area contributed by atoms with Crippen molar-refractivity contribution in [2.75, 3.05) is 13.7 Å². The monoisotopic (exact) mass is 405 g/mol. The van der Waals surface area contributed by atoms with Crippen molar-refractivity contribution in [3.8, 4) is 5.75 Å². The Hall–Kier alpha value is -1.88. The molecule has 0 spiro atoms. The molecule has 4 aliphatic rings. The van der Waals surface area contributed by atoms with E-state index in [-0.39, 0.29) is 5.41 Å². The lowest BCUT2D eigenvalue weighted by molar-refractivity contribution is 0.0144. The lowest BCUT2D eigenvalue weighted by Gasteiger charge is -2.61. The zero-order valence-electron chi connectivity index (χ0n) is 15.9. The molecule has 0 radical (unpaired) electrons. The average Bonchev–Trinajstić information content (AvgIpc) is 3.48. The van der Waals surface area contributed by atoms with E-state index in [0.717, 1.165) is 25.1 Å². The standard InChI is InChI=1S/C24H23NOS2/c1-26-19-9-4-7-16-18-15-24(20-10-5-13-27-20,21-11-6-14-28-21)23(22(16)19)17-8-2-3-12-25(17)18/h2-7,9-11,13-14,17-18,23H,8,12,15H2,1H3/t17?,18-,23-/m0/s1. The van der Waals surface area contributed by atoms with Crippen molar-refractivity contribution in [2.24, 2.45) is 0 Å². The van der Waals surface area contributed by atoms with Crippen LogP contribution in [0.2, 0.25) is 0 Å². The molecule has 0 saturated carbocycles. The third-order valence-electron chi connectivity index (χ3n) is 7.03. The largest absolute Gasteiger partial charge is 0.496 e. The number of hydrogen-bond acceptors (Lipinski definition) is 4. The number of nitrogens with zero attached hydrogens (tertiary/aromatic N) is 1. The predicted molar refractivity (Wildman–Crippen MR) is 117 cm³/mol. The van der Waals surface area contributed by atoms with E-state index in [1.165, 1.54) is 20.9 Å². The average molecular weight is 406 g/mol. The summed E-state index contributed by atoms with van der Waals surface area (Å²) in [4.78, 5) is 5.78. The Labute approximate surface area is 174 Å². The number of ether oxygens (including phenoxy) is 1. The summed E-state index contributed by atoms with van der Waals surface area (Å²) in [7, 11) is 1.83. The Morgan fingerprint density at radius 3 is 2.46 bits per heavy atom. The van der Waals surface area contributed by atoms with Crippen LogP contribution in [0, 0.1) is 0 Å². The van der Waals surface area contributed by atoms with Gasteiger partial charge in [-0.1, -0.05) is 36.4 Å². The fraction of sp³-hybridized carbons (Fsp3) is 0.333. The summed E-state index contributed by atoms with van der Waals surface area (Å²) < 4.78 is 5.94. The Bertz CT molecular complexity index is 987. The van der Waals surface area contributed by atoms with Gasteiger partial charge in [0.15, 0.2) is 0 Å². The van der Waals surface area contributed by atoms with E-state index < -0.39 is 0 Å². The molecule has 5 heterocycles. The molecule has 2 aromatic heterocycles. The number of thiophene rings is 2. The highest BCUT2D eigenvalue weighted by atomic mass is 32.1. The van der Waals surface area contributed by atoms with Gasteiger partial charge in [0.25, 0.3) is 0 Å². The summed E-state index contributed by atoms with van der Waals surface area (Å²) in [6.07, 6.45) is 7.03. The van der Waals surface area contributed by atoms with Crippen LogP contribution in [0.25, 0.3) is 0 Å². The van der Waals surface area contributed by atoms with Crippen LogP contribution in [0.4, 0.5) is 0 Å². The fourth-order valence-electron chi connectivity index (χ4n) is 6.05. The van der Waals surface area contributed by atoms with Crippen molar-refractivity contribution in [3.05, 3.63) is 86.3 Å². The zero-order valence-corrected chi connectivity index (χ0v) is 17.5. The molecule has 142 valence electrons. The van der Waals surface area contributed by atoms with Gasteiger partial charge in [0.05, 0.1) is 7.11 Å². The Morgan fingerprint density at radius 1 is 1.00 bits per heavy atom. The van der Waals surface area contributed by atoms with Crippen molar-refractivity contribution < 1.29 is 4.74 Å². The van der Waals surface area contributed by atoms with Gasteiger partial charge in [0, 0.05) is 45.3 Å². The van der Waals surface area contributed by atoms with Crippen LogP contribution in [0.3, 0.4) is 0 Å². The molecule has 1 aliphatic carbocycles. The van der Waals surface area contributed by atoms with E-state index in [1.54, 1.807) is 0 Å². The number of piperidine rings is 1. The molecule has 7 rings (SSSR count). The van der Waals surface area contributed by atoms with E-state index in [2.05, 4.69) is 70.3 Å². The second kappa shape index (κ2) is 6.31. The van der Waals surface area contributed by atoms with Gasteiger partial charge in [0.2, 0.25) is 0 Å². The van der Waals surface area contributed by atoms with Gasteiger partial charge in [-0.3, -0.25) is 4.90 Å². The fourth-order valence-corrected chi connectivity index (χ4v) is 8.10. The second-order valence-corrected chi connectivity index (χ2v) is 9.95. The highest BCUT2D eigenvalue weighted by Gasteiger charge is 2.60. The van der Waals surface area contributed by atoms with Crippen molar-refractivity contribution in [3.63, 3.8) is 0 Å². The molecule has 3 aromatic rings. The molecule has 1 saturated heterocycles. The Balaban J connectivity index is 1.68. The van der Waals surface area contributed by atoms with E-state index in [9.17, 15) is 0 Å². The van der Waals surface area contributed by atoms with Crippen LogP contribution in [0.5, 0.6) is 5.75 Å². The van der Waals surface area contributed by atoms with Gasteiger partial charge < -0.3 is 4.74 Å². The van der Waals surface area contributed by atoms with Crippen LogP contribution in [-0.4, -0.2) is 24.6 Å². The normalized spacial score (nSPS) is 27.4. The van der Waals surface area contributed by atoms with Crippen LogP contribution >= 0.6 is 22.7 Å². The van der Waals surface area contributed by atoms with Gasteiger partial charge in [0.1, 0.15) is 5.75 Å². The lowest BCUT2D eigenvalue weighted by Crippen LogP contribution is -2.60. The predicted octanol–water partition coefficient (Wildman–Crippen LogP) is 5.98. The van der Waals surface area contributed by atoms with Gasteiger partial charge in [-0.15, -0.1) is 22.7 Å². The first-order valence-corrected chi connectivity index (χ1v) is 11.8. The van der Waals surface area contributed by atoms with E-state index in [4.69, 9.17) is 4.74 Å². The van der Waals surface area contributed by atoms with E-state index in [1.807, 2.05) is 29.8 Å². The van der Waals surface area contributed by atoms with Gasteiger partial charge in [-0.2, -0.15) is 0 Å². The maximum absolute atomic E-state index is 5.94. The molecule has 3 aliphatic heterocycles. The van der Waals surface area contributed by atoms with Crippen molar-refractivity contribution >= 4 is 22.7 Å². The third kappa shape index (κ3) is 2.11. The topological polar surface area (TPSA) is 12.5 Å². The summed E-state index contributed by atoms with van der Waals surface area (Å²) >= 11 is 3.85. The minimum atomic E-state index is 0.0426. The molecule has 2 bridgehead atoms. The molecule has 1 unspecified atom stereocenters. The van der Waals surface area contributed by atoms with Crippen LogP contribution in [-0.2, 0) is 5.41 Å².